The summed E-state index contributed by atoms with van der Waals surface area (Å²) in [4.78, 5) is 30.2. The Bertz CT molecular complexity index is 669. The van der Waals surface area contributed by atoms with Gasteiger partial charge in [-0.05, 0) is 30.2 Å². The van der Waals surface area contributed by atoms with E-state index in [0.29, 0.717) is 25.2 Å². The van der Waals surface area contributed by atoms with Gasteiger partial charge in [-0.15, -0.1) is 24.0 Å². The number of aliphatic imine (C=N–C) groups is 1. The molecule has 2 unspecified atom stereocenters. The van der Waals surface area contributed by atoms with E-state index in [1.54, 1.807) is 19.2 Å². The lowest BCUT2D eigenvalue weighted by Gasteiger charge is -2.21. The van der Waals surface area contributed by atoms with Gasteiger partial charge in [-0.3, -0.25) is 14.6 Å². The molecule has 0 aliphatic carbocycles. The molecular weight excluding hydrogens is 527 g/mol. The number of carbonyl (C=O) groups is 2. The zero-order valence-corrected chi connectivity index (χ0v) is 19.6. The molecule has 1 heterocycles. The highest BCUT2D eigenvalue weighted by molar-refractivity contribution is 14.0. The summed E-state index contributed by atoms with van der Waals surface area (Å²) < 4.78 is 5.80. The Hall–Kier alpha value is -1.36. The van der Waals surface area contributed by atoms with Crippen LogP contribution in [0.5, 0.6) is 0 Å². The van der Waals surface area contributed by atoms with Crippen LogP contribution in [0.1, 0.15) is 17.3 Å². The number of nitrogens with zero attached hydrogens (tertiary/aromatic N) is 2. The van der Waals surface area contributed by atoms with Crippen LogP contribution in [0.4, 0.5) is 0 Å². The van der Waals surface area contributed by atoms with Gasteiger partial charge in [0.15, 0.2) is 5.96 Å². The molecule has 0 radical (unpaired) electrons. The third-order valence-corrected chi connectivity index (χ3v) is 4.96. The fourth-order valence-corrected chi connectivity index (χ4v) is 3.25. The first-order chi connectivity index (χ1) is 12.5. The van der Waals surface area contributed by atoms with Crippen molar-refractivity contribution in [3.05, 3.63) is 34.3 Å². The largest absolute Gasteiger partial charge is 0.469 e. The topological polar surface area (TPSA) is 83.0 Å². The van der Waals surface area contributed by atoms with Crippen LogP contribution in [0.2, 0.25) is 0 Å². The molecule has 27 heavy (non-hydrogen) atoms. The Morgan fingerprint density at radius 3 is 2.44 bits per heavy atom. The Kier molecular flexibility index (Phi) is 10.1. The third-order valence-electron chi connectivity index (χ3n) is 4.43. The molecule has 1 saturated heterocycles. The summed E-state index contributed by atoms with van der Waals surface area (Å²) >= 11 is 3.35. The molecular formula is C18H26BrIN4O3. The molecule has 0 spiro atoms. The zero-order valence-electron chi connectivity index (χ0n) is 15.7. The van der Waals surface area contributed by atoms with Gasteiger partial charge in [-0.1, -0.05) is 22.9 Å². The number of benzene rings is 1. The van der Waals surface area contributed by atoms with Crippen molar-refractivity contribution >= 4 is 57.7 Å². The molecule has 1 aromatic rings. The van der Waals surface area contributed by atoms with Gasteiger partial charge in [-0.25, -0.2) is 0 Å². The minimum absolute atomic E-state index is 0. The predicted molar refractivity (Wildman–Crippen MR) is 119 cm³/mol. The van der Waals surface area contributed by atoms with Gasteiger partial charge in [0.2, 0.25) is 0 Å². The number of carbonyl (C=O) groups excluding carboxylic acids is 2. The standard InChI is InChI=1S/C18H25BrN4O3.HI/c1-12-10-23(11-15(12)17(25)26-3)18(20-2)22-9-8-21-16(24)13-4-6-14(19)7-5-13;/h4-7,12,15H,8-11H2,1-3H3,(H,20,22)(H,21,24);1H. The molecule has 0 saturated carbocycles. The van der Waals surface area contributed by atoms with E-state index in [1.165, 1.54) is 7.11 Å². The van der Waals surface area contributed by atoms with Crippen molar-refractivity contribution in [1.29, 1.82) is 0 Å². The monoisotopic (exact) mass is 552 g/mol. The number of nitrogens with one attached hydrogen (secondary N) is 2. The number of likely N-dealkylation sites (tertiary alicyclic amines) is 1. The summed E-state index contributed by atoms with van der Waals surface area (Å²) in [6.07, 6.45) is 0. The minimum Gasteiger partial charge on any atom is -0.469 e. The second kappa shape index (κ2) is 11.5. The van der Waals surface area contributed by atoms with Crippen LogP contribution >= 0.6 is 39.9 Å². The second-order valence-corrected chi connectivity index (χ2v) is 7.16. The first kappa shape index (κ1) is 23.7. The molecule has 2 N–H and O–H groups in total. The molecule has 1 amide bonds. The Morgan fingerprint density at radius 2 is 1.85 bits per heavy atom. The number of guanidine groups is 1. The summed E-state index contributed by atoms with van der Waals surface area (Å²) in [5.41, 5.74) is 0.617. The van der Waals surface area contributed by atoms with Crippen LogP contribution < -0.4 is 10.6 Å². The van der Waals surface area contributed by atoms with E-state index in [1.807, 2.05) is 24.0 Å². The van der Waals surface area contributed by atoms with Crippen LogP contribution in [-0.2, 0) is 9.53 Å². The van der Waals surface area contributed by atoms with Gasteiger partial charge >= 0.3 is 5.97 Å². The molecule has 1 aromatic carbocycles. The fourth-order valence-electron chi connectivity index (χ4n) is 2.98. The number of amides is 1. The average molecular weight is 553 g/mol. The normalized spacial score (nSPS) is 19.3. The van der Waals surface area contributed by atoms with Crippen molar-refractivity contribution in [3.8, 4) is 0 Å². The smallest absolute Gasteiger partial charge is 0.310 e. The Morgan fingerprint density at radius 1 is 1.22 bits per heavy atom. The van der Waals surface area contributed by atoms with Crippen molar-refractivity contribution in [2.45, 2.75) is 6.92 Å². The van der Waals surface area contributed by atoms with Gasteiger partial charge in [-0.2, -0.15) is 0 Å². The van der Waals surface area contributed by atoms with Crippen LogP contribution in [-0.4, -0.2) is 63.1 Å². The van der Waals surface area contributed by atoms with E-state index >= 15 is 0 Å². The van der Waals surface area contributed by atoms with E-state index in [9.17, 15) is 9.59 Å². The Balaban J connectivity index is 0.00000364. The summed E-state index contributed by atoms with van der Waals surface area (Å²) in [5, 5.41) is 6.10. The first-order valence-corrected chi connectivity index (χ1v) is 9.32. The average Bonchev–Trinajstić information content (AvgIpc) is 3.03. The zero-order chi connectivity index (χ0) is 19.1. The second-order valence-electron chi connectivity index (χ2n) is 6.25. The number of esters is 1. The molecule has 1 aliphatic rings. The summed E-state index contributed by atoms with van der Waals surface area (Å²) in [6.45, 7) is 4.37. The van der Waals surface area contributed by atoms with Gasteiger partial charge < -0.3 is 20.3 Å². The van der Waals surface area contributed by atoms with Crippen molar-refractivity contribution in [2.75, 3.05) is 40.3 Å². The lowest BCUT2D eigenvalue weighted by molar-refractivity contribution is -0.145. The maximum atomic E-state index is 12.1. The highest BCUT2D eigenvalue weighted by atomic mass is 127. The van der Waals surface area contributed by atoms with Gasteiger partial charge in [0, 0.05) is 43.3 Å². The SMILES string of the molecule is CN=C(NCCNC(=O)c1ccc(Br)cc1)N1CC(C)C(C(=O)OC)C1.I. The summed E-state index contributed by atoms with van der Waals surface area (Å²) in [7, 11) is 3.12. The van der Waals surface area contributed by atoms with Gasteiger partial charge in [0.05, 0.1) is 13.0 Å². The fraction of sp³-hybridized carbons (Fsp3) is 0.500. The van der Waals surface area contributed by atoms with Crippen LogP contribution in [0.25, 0.3) is 0 Å². The van der Waals surface area contributed by atoms with Crippen molar-refractivity contribution in [2.24, 2.45) is 16.8 Å². The molecule has 1 aliphatic heterocycles. The highest BCUT2D eigenvalue weighted by Gasteiger charge is 2.36. The van der Waals surface area contributed by atoms with E-state index in [2.05, 4.69) is 31.6 Å². The molecule has 2 atom stereocenters. The number of hydrogen-bond donors (Lipinski definition) is 2. The Labute approximate surface area is 185 Å². The highest BCUT2D eigenvalue weighted by Crippen LogP contribution is 2.23. The minimum atomic E-state index is -0.183. The molecule has 1 fully saturated rings. The lowest BCUT2D eigenvalue weighted by atomic mass is 9.99. The van der Waals surface area contributed by atoms with E-state index in [-0.39, 0.29) is 47.7 Å². The molecule has 0 bridgehead atoms. The predicted octanol–water partition coefficient (Wildman–Crippen LogP) is 2.11. The van der Waals surface area contributed by atoms with Crippen molar-refractivity contribution in [3.63, 3.8) is 0 Å². The number of halogens is 2. The maximum Gasteiger partial charge on any atom is 0.310 e. The molecule has 9 heteroatoms. The van der Waals surface area contributed by atoms with E-state index in [4.69, 9.17) is 4.74 Å². The number of methoxy groups -OCH3 is 1. The molecule has 150 valence electrons. The van der Waals surface area contributed by atoms with E-state index in [0.717, 1.165) is 17.0 Å². The maximum absolute atomic E-state index is 12.1. The van der Waals surface area contributed by atoms with Crippen LogP contribution in [0.15, 0.2) is 33.7 Å². The first-order valence-electron chi connectivity index (χ1n) is 8.53. The van der Waals surface area contributed by atoms with E-state index < -0.39 is 0 Å². The third kappa shape index (κ3) is 6.63. The number of ether oxygens (including phenoxy) is 1. The number of hydrogen-bond acceptors (Lipinski definition) is 4. The summed E-state index contributed by atoms with van der Waals surface area (Å²) in [5.74, 6) is 0.488. The van der Waals surface area contributed by atoms with Crippen molar-refractivity contribution in [1.82, 2.24) is 15.5 Å². The quantitative estimate of drug-likeness (QED) is 0.192. The van der Waals surface area contributed by atoms with Gasteiger partial charge in [0.25, 0.3) is 5.91 Å². The van der Waals surface area contributed by atoms with Crippen LogP contribution in [0, 0.1) is 11.8 Å². The molecule has 2 rings (SSSR count). The van der Waals surface area contributed by atoms with Crippen LogP contribution in [0.3, 0.4) is 0 Å². The van der Waals surface area contributed by atoms with Gasteiger partial charge in [0.1, 0.15) is 0 Å². The number of rotatable bonds is 5. The molecule has 0 aromatic heterocycles. The summed E-state index contributed by atoms with van der Waals surface area (Å²) in [6, 6.07) is 7.21. The van der Waals surface area contributed by atoms with Crippen molar-refractivity contribution < 1.29 is 14.3 Å². The lowest BCUT2D eigenvalue weighted by Crippen LogP contribution is -2.43. The molecule has 7 nitrogen and oxygen atoms in total.